The average molecular weight is 235 g/mol. The van der Waals surface area contributed by atoms with Gasteiger partial charge in [0.2, 0.25) is 11.9 Å². The van der Waals surface area contributed by atoms with Gasteiger partial charge in [-0.1, -0.05) is 26.7 Å². The van der Waals surface area contributed by atoms with Crippen LogP contribution in [0.5, 0.6) is 0 Å². The first-order valence-electron chi connectivity index (χ1n) is 6.43. The Morgan fingerprint density at radius 3 is 2.24 bits per heavy atom. The summed E-state index contributed by atoms with van der Waals surface area (Å²) in [5.74, 6) is 2.16. The van der Waals surface area contributed by atoms with Crippen LogP contribution in [-0.2, 0) is 0 Å². The minimum atomic E-state index is 0.283. The van der Waals surface area contributed by atoms with Gasteiger partial charge in [-0.05, 0) is 12.8 Å². The highest BCUT2D eigenvalue weighted by Crippen LogP contribution is 2.18. The van der Waals surface area contributed by atoms with Crippen LogP contribution >= 0.6 is 0 Å². The van der Waals surface area contributed by atoms with Gasteiger partial charge in [0, 0.05) is 19.0 Å². The average Bonchev–Trinajstić information content (AvgIpc) is 2.56. The van der Waals surface area contributed by atoms with E-state index in [4.69, 9.17) is 5.73 Å². The lowest BCUT2D eigenvalue weighted by molar-refractivity contribution is 0.719. The lowest BCUT2D eigenvalue weighted by Gasteiger charge is -2.20. The van der Waals surface area contributed by atoms with Crippen molar-refractivity contribution in [3.05, 3.63) is 5.82 Å². The zero-order chi connectivity index (χ0) is 12.3. The molecule has 5 heteroatoms. The number of nitrogen functional groups attached to an aromatic ring is 1. The highest BCUT2D eigenvalue weighted by atomic mass is 15.3. The van der Waals surface area contributed by atoms with E-state index >= 15 is 0 Å². The fourth-order valence-corrected chi connectivity index (χ4v) is 2.07. The maximum Gasteiger partial charge on any atom is 0.230 e. The van der Waals surface area contributed by atoms with E-state index in [1.165, 1.54) is 25.7 Å². The Morgan fingerprint density at radius 1 is 1.00 bits per heavy atom. The molecule has 0 unspecified atom stereocenters. The standard InChI is InChI=1S/C12H21N5/c1-9(2)10-14-11(13)16-12(15-10)17-7-5-3-4-6-8-17/h9H,3-8H2,1-2H3,(H2,13,14,15,16). The van der Waals surface area contributed by atoms with Crippen LogP contribution < -0.4 is 10.6 Å². The van der Waals surface area contributed by atoms with Gasteiger partial charge in [-0.3, -0.25) is 0 Å². The monoisotopic (exact) mass is 235 g/mol. The van der Waals surface area contributed by atoms with E-state index in [0.717, 1.165) is 24.9 Å². The van der Waals surface area contributed by atoms with Crippen LogP contribution in [0.3, 0.4) is 0 Å². The molecule has 1 aliphatic heterocycles. The predicted octanol–water partition coefficient (Wildman–Crippen LogP) is 1.96. The zero-order valence-electron chi connectivity index (χ0n) is 10.7. The summed E-state index contributed by atoms with van der Waals surface area (Å²) in [4.78, 5) is 15.2. The molecule has 1 fully saturated rings. The van der Waals surface area contributed by atoms with Crippen LogP contribution in [0.2, 0.25) is 0 Å². The number of nitrogens with zero attached hydrogens (tertiary/aromatic N) is 4. The van der Waals surface area contributed by atoms with Gasteiger partial charge in [-0.15, -0.1) is 0 Å². The summed E-state index contributed by atoms with van der Waals surface area (Å²) >= 11 is 0. The molecule has 0 radical (unpaired) electrons. The molecule has 0 spiro atoms. The first-order chi connectivity index (χ1) is 8.16. The summed E-state index contributed by atoms with van der Waals surface area (Å²) in [7, 11) is 0. The first kappa shape index (κ1) is 12.1. The molecule has 17 heavy (non-hydrogen) atoms. The third kappa shape index (κ3) is 3.05. The molecule has 1 aromatic rings. The van der Waals surface area contributed by atoms with Gasteiger partial charge in [0.1, 0.15) is 5.82 Å². The van der Waals surface area contributed by atoms with Gasteiger partial charge in [0.15, 0.2) is 0 Å². The van der Waals surface area contributed by atoms with E-state index < -0.39 is 0 Å². The number of hydrogen-bond acceptors (Lipinski definition) is 5. The fourth-order valence-electron chi connectivity index (χ4n) is 2.07. The Balaban J connectivity index is 2.23. The van der Waals surface area contributed by atoms with Gasteiger partial charge in [0.25, 0.3) is 0 Å². The van der Waals surface area contributed by atoms with Crippen LogP contribution in [-0.4, -0.2) is 28.0 Å². The SMILES string of the molecule is CC(C)c1nc(N)nc(N2CCCCCC2)n1. The molecule has 1 saturated heterocycles. The van der Waals surface area contributed by atoms with E-state index in [1.54, 1.807) is 0 Å². The second-order valence-electron chi connectivity index (χ2n) is 4.91. The molecule has 2 rings (SSSR count). The van der Waals surface area contributed by atoms with E-state index in [0.29, 0.717) is 5.95 Å². The highest BCUT2D eigenvalue weighted by Gasteiger charge is 2.15. The quantitative estimate of drug-likeness (QED) is 0.848. The number of hydrogen-bond donors (Lipinski definition) is 1. The van der Waals surface area contributed by atoms with Crippen molar-refractivity contribution >= 4 is 11.9 Å². The van der Waals surface area contributed by atoms with Crippen molar-refractivity contribution < 1.29 is 0 Å². The molecule has 0 amide bonds. The molecule has 1 aliphatic rings. The van der Waals surface area contributed by atoms with Gasteiger partial charge >= 0.3 is 0 Å². The van der Waals surface area contributed by atoms with Crippen LogP contribution in [0.4, 0.5) is 11.9 Å². The van der Waals surface area contributed by atoms with E-state index in [2.05, 4.69) is 33.7 Å². The van der Waals surface area contributed by atoms with Gasteiger partial charge in [-0.2, -0.15) is 15.0 Å². The van der Waals surface area contributed by atoms with E-state index in [1.807, 2.05) is 0 Å². The molecular weight excluding hydrogens is 214 g/mol. The normalized spacial score (nSPS) is 17.2. The summed E-state index contributed by atoms with van der Waals surface area (Å²) in [6.45, 7) is 6.20. The van der Waals surface area contributed by atoms with Crippen LogP contribution in [0.15, 0.2) is 0 Å². The van der Waals surface area contributed by atoms with Crippen molar-refractivity contribution in [3.63, 3.8) is 0 Å². The number of aromatic nitrogens is 3. The van der Waals surface area contributed by atoms with Crippen molar-refractivity contribution in [1.29, 1.82) is 0 Å². The minimum Gasteiger partial charge on any atom is -0.368 e. The Hall–Kier alpha value is -1.39. The molecule has 94 valence electrons. The minimum absolute atomic E-state index is 0.283. The van der Waals surface area contributed by atoms with E-state index in [-0.39, 0.29) is 5.92 Å². The molecule has 0 aliphatic carbocycles. The topological polar surface area (TPSA) is 67.9 Å². The molecule has 0 atom stereocenters. The van der Waals surface area contributed by atoms with Crippen molar-refractivity contribution in [2.75, 3.05) is 23.7 Å². The molecule has 5 nitrogen and oxygen atoms in total. The number of anilines is 2. The Bertz CT molecular complexity index is 369. The van der Waals surface area contributed by atoms with Crippen molar-refractivity contribution in [2.45, 2.75) is 45.4 Å². The third-order valence-corrected chi connectivity index (χ3v) is 3.06. The van der Waals surface area contributed by atoms with Crippen LogP contribution in [0.1, 0.15) is 51.3 Å². The second-order valence-corrected chi connectivity index (χ2v) is 4.91. The largest absolute Gasteiger partial charge is 0.368 e. The summed E-state index contributed by atoms with van der Waals surface area (Å²) in [5, 5.41) is 0. The summed E-state index contributed by atoms with van der Waals surface area (Å²) in [5.41, 5.74) is 5.75. The third-order valence-electron chi connectivity index (χ3n) is 3.06. The molecule has 0 aromatic carbocycles. The van der Waals surface area contributed by atoms with Gasteiger partial charge < -0.3 is 10.6 Å². The van der Waals surface area contributed by atoms with Crippen molar-refractivity contribution in [1.82, 2.24) is 15.0 Å². The molecule has 2 heterocycles. The lowest BCUT2D eigenvalue weighted by Crippen LogP contribution is -2.27. The first-order valence-corrected chi connectivity index (χ1v) is 6.43. The van der Waals surface area contributed by atoms with Crippen LogP contribution in [0, 0.1) is 0 Å². The maximum atomic E-state index is 5.75. The zero-order valence-corrected chi connectivity index (χ0v) is 10.7. The molecule has 0 bridgehead atoms. The van der Waals surface area contributed by atoms with E-state index in [9.17, 15) is 0 Å². The Kier molecular flexibility index (Phi) is 3.76. The second kappa shape index (κ2) is 5.29. The van der Waals surface area contributed by atoms with Gasteiger partial charge in [-0.25, -0.2) is 0 Å². The number of rotatable bonds is 2. The number of nitrogens with two attached hydrogens (primary N) is 1. The predicted molar refractivity (Wildman–Crippen MR) is 69.0 cm³/mol. The Labute approximate surface area is 102 Å². The van der Waals surface area contributed by atoms with Gasteiger partial charge in [0.05, 0.1) is 0 Å². The Morgan fingerprint density at radius 2 is 1.65 bits per heavy atom. The summed E-state index contributed by atoms with van der Waals surface area (Å²) in [6, 6.07) is 0. The molecule has 0 saturated carbocycles. The highest BCUT2D eigenvalue weighted by molar-refractivity contribution is 5.35. The summed E-state index contributed by atoms with van der Waals surface area (Å²) < 4.78 is 0. The lowest BCUT2D eigenvalue weighted by atomic mass is 10.2. The maximum absolute atomic E-state index is 5.75. The molecule has 1 aromatic heterocycles. The smallest absolute Gasteiger partial charge is 0.230 e. The van der Waals surface area contributed by atoms with Crippen molar-refractivity contribution in [2.24, 2.45) is 0 Å². The molecular formula is C12H21N5. The fraction of sp³-hybridized carbons (Fsp3) is 0.750. The molecule has 2 N–H and O–H groups in total. The van der Waals surface area contributed by atoms with Crippen molar-refractivity contribution in [3.8, 4) is 0 Å². The van der Waals surface area contributed by atoms with Crippen LogP contribution in [0.25, 0.3) is 0 Å². The summed E-state index contributed by atoms with van der Waals surface area (Å²) in [6.07, 6.45) is 5.02.